The smallest absolute Gasteiger partial charge is 0.126 e. The molecule has 0 unspecified atom stereocenters. The highest BCUT2D eigenvalue weighted by atomic mass is 16.5. The second-order valence-corrected chi connectivity index (χ2v) is 7.01. The number of hydrogen-bond acceptors (Lipinski definition) is 2. The highest BCUT2D eigenvalue weighted by molar-refractivity contribution is 5.61. The van der Waals surface area contributed by atoms with Crippen LogP contribution in [0, 0.1) is 11.3 Å². The maximum absolute atomic E-state index is 11.7. The Hall–Kier alpha value is -1.31. The molecule has 108 valence electrons. The molecule has 1 fully saturated rings. The summed E-state index contributed by atoms with van der Waals surface area (Å²) < 4.78 is 5.41. The van der Waals surface area contributed by atoms with Crippen LogP contribution in [0.15, 0.2) is 18.2 Å². The zero-order valence-corrected chi connectivity index (χ0v) is 12.7. The summed E-state index contributed by atoms with van der Waals surface area (Å²) in [6.45, 7) is 4.52. The average molecular weight is 272 g/mol. The van der Waals surface area contributed by atoms with Crippen LogP contribution in [0.1, 0.15) is 50.7 Å². The Morgan fingerprint density at radius 1 is 1.30 bits per heavy atom. The van der Waals surface area contributed by atoms with E-state index in [1.807, 2.05) is 0 Å². The lowest BCUT2D eigenvalue weighted by Gasteiger charge is -2.53. The SMILES string of the molecule is COc1ccc2c(c1)[C@@]1(C)CCC[C@](C)(C=O)[C@@H]1CC2. The molecule has 2 heteroatoms. The second kappa shape index (κ2) is 4.61. The monoisotopic (exact) mass is 272 g/mol. The number of aryl methyl sites for hydroxylation is 1. The predicted octanol–water partition coefficient (Wildman–Crippen LogP) is 3.90. The molecule has 0 heterocycles. The summed E-state index contributed by atoms with van der Waals surface area (Å²) in [4.78, 5) is 11.7. The van der Waals surface area contributed by atoms with E-state index in [4.69, 9.17) is 4.74 Å². The molecule has 0 bridgehead atoms. The number of benzene rings is 1. The average Bonchev–Trinajstić information content (AvgIpc) is 2.46. The van der Waals surface area contributed by atoms with E-state index in [9.17, 15) is 4.79 Å². The summed E-state index contributed by atoms with van der Waals surface area (Å²) in [5, 5.41) is 0. The highest BCUT2D eigenvalue weighted by Gasteiger charge is 2.51. The van der Waals surface area contributed by atoms with Crippen molar-refractivity contribution in [1.82, 2.24) is 0 Å². The lowest BCUT2D eigenvalue weighted by molar-refractivity contribution is -0.123. The van der Waals surface area contributed by atoms with Gasteiger partial charge in [0.2, 0.25) is 0 Å². The van der Waals surface area contributed by atoms with Crippen molar-refractivity contribution >= 4 is 6.29 Å². The van der Waals surface area contributed by atoms with Gasteiger partial charge in [0, 0.05) is 5.41 Å². The molecule has 0 saturated heterocycles. The van der Waals surface area contributed by atoms with Crippen LogP contribution >= 0.6 is 0 Å². The lowest BCUT2D eigenvalue weighted by Crippen LogP contribution is -2.49. The van der Waals surface area contributed by atoms with Crippen LogP contribution in [0.3, 0.4) is 0 Å². The molecular weight excluding hydrogens is 248 g/mol. The number of rotatable bonds is 2. The fourth-order valence-electron chi connectivity index (χ4n) is 4.76. The van der Waals surface area contributed by atoms with Crippen molar-refractivity contribution in [2.75, 3.05) is 7.11 Å². The van der Waals surface area contributed by atoms with Crippen LogP contribution in [0.2, 0.25) is 0 Å². The molecule has 3 rings (SSSR count). The number of carbonyl (C=O) groups is 1. The second-order valence-electron chi connectivity index (χ2n) is 7.01. The molecule has 20 heavy (non-hydrogen) atoms. The minimum absolute atomic E-state index is 0.121. The Bertz CT molecular complexity index is 536. The minimum atomic E-state index is -0.159. The number of methoxy groups -OCH3 is 1. The molecule has 0 aliphatic heterocycles. The number of aldehydes is 1. The fourth-order valence-corrected chi connectivity index (χ4v) is 4.76. The Morgan fingerprint density at radius 2 is 2.10 bits per heavy atom. The number of ether oxygens (including phenoxy) is 1. The standard InChI is InChI=1S/C18H24O2/c1-17(12-19)9-4-10-18(2)15-11-14(20-3)7-5-13(15)6-8-16(17)18/h5,7,11-12,16H,4,6,8-10H2,1-3H3/t16-,17+,18+/m0/s1. The van der Waals surface area contributed by atoms with Crippen LogP contribution in [-0.4, -0.2) is 13.4 Å². The fraction of sp³-hybridized carbons (Fsp3) is 0.611. The van der Waals surface area contributed by atoms with Crippen LogP contribution in [0.25, 0.3) is 0 Å². The topological polar surface area (TPSA) is 26.3 Å². The van der Waals surface area contributed by atoms with Crippen molar-refractivity contribution in [3.05, 3.63) is 29.3 Å². The summed E-state index contributed by atoms with van der Waals surface area (Å²) in [7, 11) is 1.72. The molecule has 0 radical (unpaired) electrons. The largest absolute Gasteiger partial charge is 0.497 e. The van der Waals surface area contributed by atoms with Crippen molar-refractivity contribution in [2.24, 2.45) is 11.3 Å². The normalized spacial score (nSPS) is 35.9. The van der Waals surface area contributed by atoms with Gasteiger partial charge in [0.15, 0.2) is 0 Å². The third-order valence-corrected chi connectivity index (χ3v) is 5.88. The molecular formula is C18H24O2. The van der Waals surface area contributed by atoms with Crippen molar-refractivity contribution < 1.29 is 9.53 Å². The van der Waals surface area contributed by atoms with Gasteiger partial charge in [-0.1, -0.05) is 26.3 Å². The summed E-state index contributed by atoms with van der Waals surface area (Å²) in [6, 6.07) is 6.48. The maximum atomic E-state index is 11.7. The van der Waals surface area contributed by atoms with Gasteiger partial charge in [-0.3, -0.25) is 0 Å². The molecule has 1 aromatic rings. The maximum Gasteiger partial charge on any atom is 0.126 e. The van der Waals surface area contributed by atoms with Gasteiger partial charge >= 0.3 is 0 Å². The molecule has 2 nitrogen and oxygen atoms in total. The molecule has 2 aliphatic rings. The number of fused-ring (bicyclic) bond motifs is 3. The molecule has 0 N–H and O–H groups in total. The van der Waals surface area contributed by atoms with E-state index in [1.54, 1.807) is 7.11 Å². The van der Waals surface area contributed by atoms with Gasteiger partial charge in [0.1, 0.15) is 12.0 Å². The minimum Gasteiger partial charge on any atom is -0.497 e. The van der Waals surface area contributed by atoms with Gasteiger partial charge in [0.05, 0.1) is 7.11 Å². The zero-order valence-electron chi connectivity index (χ0n) is 12.7. The molecule has 3 atom stereocenters. The molecule has 0 amide bonds. The van der Waals surface area contributed by atoms with Crippen molar-refractivity contribution in [3.63, 3.8) is 0 Å². The summed E-state index contributed by atoms with van der Waals surface area (Å²) >= 11 is 0. The van der Waals surface area contributed by atoms with Crippen LogP contribution in [0.4, 0.5) is 0 Å². The predicted molar refractivity (Wildman–Crippen MR) is 80.2 cm³/mol. The van der Waals surface area contributed by atoms with E-state index < -0.39 is 0 Å². The van der Waals surface area contributed by atoms with Crippen LogP contribution < -0.4 is 4.74 Å². The van der Waals surface area contributed by atoms with Gasteiger partial charge < -0.3 is 9.53 Å². The number of carbonyl (C=O) groups excluding carboxylic acids is 1. The van der Waals surface area contributed by atoms with Crippen molar-refractivity contribution in [2.45, 2.75) is 51.4 Å². The quantitative estimate of drug-likeness (QED) is 0.763. The first kappa shape index (κ1) is 13.7. The Kier molecular flexibility index (Phi) is 3.15. The van der Waals surface area contributed by atoms with Gasteiger partial charge in [-0.25, -0.2) is 0 Å². The van der Waals surface area contributed by atoms with E-state index in [-0.39, 0.29) is 10.8 Å². The Balaban J connectivity index is 2.11. The van der Waals surface area contributed by atoms with E-state index in [1.165, 1.54) is 23.8 Å². The third kappa shape index (κ3) is 1.81. The summed E-state index contributed by atoms with van der Waals surface area (Å²) in [6.07, 6.45) is 6.80. The summed E-state index contributed by atoms with van der Waals surface area (Å²) in [5.41, 5.74) is 2.82. The van der Waals surface area contributed by atoms with Gasteiger partial charge in [-0.05, 0) is 60.3 Å². The first-order chi connectivity index (χ1) is 9.53. The van der Waals surface area contributed by atoms with Crippen molar-refractivity contribution in [1.29, 1.82) is 0 Å². The first-order valence-corrected chi connectivity index (χ1v) is 7.67. The van der Waals surface area contributed by atoms with Crippen LogP contribution in [-0.2, 0) is 16.6 Å². The van der Waals surface area contributed by atoms with Gasteiger partial charge in [-0.2, -0.15) is 0 Å². The van der Waals surface area contributed by atoms with E-state index in [2.05, 4.69) is 32.0 Å². The van der Waals surface area contributed by atoms with E-state index in [0.29, 0.717) is 5.92 Å². The zero-order chi connectivity index (χ0) is 14.4. The van der Waals surface area contributed by atoms with E-state index >= 15 is 0 Å². The van der Waals surface area contributed by atoms with Gasteiger partial charge in [0.25, 0.3) is 0 Å². The Labute approximate surface area is 121 Å². The summed E-state index contributed by atoms with van der Waals surface area (Å²) in [5.74, 6) is 1.39. The third-order valence-electron chi connectivity index (χ3n) is 5.88. The van der Waals surface area contributed by atoms with Gasteiger partial charge in [-0.15, -0.1) is 0 Å². The molecule has 0 aromatic heterocycles. The van der Waals surface area contributed by atoms with Crippen molar-refractivity contribution in [3.8, 4) is 5.75 Å². The lowest BCUT2D eigenvalue weighted by atomic mass is 9.50. The van der Waals surface area contributed by atoms with E-state index in [0.717, 1.165) is 31.4 Å². The number of hydrogen-bond donors (Lipinski definition) is 0. The first-order valence-electron chi connectivity index (χ1n) is 7.67. The molecule has 2 aliphatic carbocycles. The molecule has 0 spiro atoms. The Morgan fingerprint density at radius 3 is 2.80 bits per heavy atom. The molecule has 1 saturated carbocycles. The highest BCUT2D eigenvalue weighted by Crippen LogP contribution is 2.56. The van der Waals surface area contributed by atoms with Crippen LogP contribution in [0.5, 0.6) is 5.75 Å². The molecule has 1 aromatic carbocycles.